The number of aryl methyl sites for hydroxylation is 1. The Balaban J connectivity index is 1.60. The van der Waals surface area contributed by atoms with Gasteiger partial charge in [0.05, 0.1) is 23.5 Å². The molecule has 0 bridgehead atoms. The molecule has 2 atom stereocenters. The summed E-state index contributed by atoms with van der Waals surface area (Å²) in [6.45, 7) is 2.92. The van der Waals surface area contributed by atoms with Crippen LogP contribution in [0.2, 0.25) is 0 Å². The van der Waals surface area contributed by atoms with Crippen molar-refractivity contribution in [1.82, 2.24) is 9.47 Å². The zero-order valence-corrected chi connectivity index (χ0v) is 15.2. The zero-order chi connectivity index (χ0) is 18.3. The summed E-state index contributed by atoms with van der Waals surface area (Å²) >= 11 is 0. The van der Waals surface area contributed by atoms with E-state index < -0.39 is 0 Å². The minimum atomic E-state index is -0.281. The van der Waals surface area contributed by atoms with Gasteiger partial charge in [-0.2, -0.15) is 0 Å². The van der Waals surface area contributed by atoms with Crippen molar-refractivity contribution in [2.45, 2.75) is 31.8 Å². The van der Waals surface area contributed by atoms with Gasteiger partial charge in [0.2, 0.25) is 11.8 Å². The van der Waals surface area contributed by atoms with Gasteiger partial charge in [-0.1, -0.05) is 12.1 Å². The second-order valence-electron chi connectivity index (χ2n) is 7.11. The van der Waals surface area contributed by atoms with Crippen molar-refractivity contribution in [1.29, 1.82) is 0 Å². The maximum atomic E-state index is 13.3. The van der Waals surface area contributed by atoms with Crippen molar-refractivity contribution in [2.24, 2.45) is 7.05 Å². The van der Waals surface area contributed by atoms with Crippen LogP contribution < -0.4 is 10.2 Å². The number of nitrogens with one attached hydrogen (secondary N) is 1. The lowest BCUT2D eigenvalue weighted by atomic mass is 10.1. The number of benzene rings is 1. The number of nitrogens with zero attached hydrogens (tertiary/aromatic N) is 3. The van der Waals surface area contributed by atoms with E-state index in [1.54, 1.807) is 4.90 Å². The van der Waals surface area contributed by atoms with E-state index in [1.807, 2.05) is 50.5 Å². The molecule has 2 amide bonds. The molecular formula is C20H24N4O2. The number of hydrogen-bond donors (Lipinski definition) is 1. The first-order chi connectivity index (χ1) is 12.6. The van der Waals surface area contributed by atoms with Crippen molar-refractivity contribution in [3.05, 3.63) is 48.3 Å². The van der Waals surface area contributed by atoms with Crippen molar-refractivity contribution in [3.8, 4) is 0 Å². The van der Waals surface area contributed by atoms with Gasteiger partial charge in [-0.15, -0.1) is 0 Å². The van der Waals surface area contributed by atoms with E-state index in [4.69, 9.17) is 0 Å². The molecule has 0 aliphatic carbocycles. The molecule has 1 aromatic carbocycles. The Morgan fingerprint density at radius 3 is 2.81 bits per heavy atom. The summed E-state index contributed by atoms with van der Waals surface area (Å²) in [5, 5.41) is 2.84. The van der Waals surface area contributed by atoms with E-state index in [-0.39, 0.29) is 30.4 Å². The maximum Gasteiger partial charge on any atom is 0.244 e. The molecule has 0 saturated carbocycles. The summed E-state index contributed by atoms with van der Waals surface area (Å²) in [4.78, 5) is 29.2. The van der Waals surface area contributed by atoms with Crippen LogP contribution in [-0.4, -0.2) is 40.4 Å². The fraction of sp³-hybridized carbons (Fsp3) is 0.400. The van der Waals surface area contributed by atoms with Crippen molar-refractivity contribution < 1.29 is 9.59 Å². The number of hydrogen-bond acceptors (Lipinski definition) is 3. The van der Waals surface area contributed by atoms with Crippen LogP contribution in [-0.2, 0) is 16.6 Å². The average Bonchev–Trinajstić information content (AvgIpc) is 3.28. The molecule has 136 valence electrons. The highest BCUT2D eigenvalue weighted by atomic mass is 16.2. The first kappa shape index (κ1) is 16.8. The van der Waals surface area contributed by atoms with E-state index in [1.165, 1.54) is 5.69 Å². The van der Waals surface area contributed by atoms with Crippen LogP contribution in [0.25, 0.3) is 0 Å². The second-order valence-corrected chi connectivity index (χ2v) is 7.11. The fourth-order valence-corrected chi connectivity index (χ4v) is 4.19. The van der Waals surface area contributed by atoms with Crippen molar-refractivity contribution in [2.75, 3.05) is 23.3 Å². The smallest absolute Gasteiger partial charge is 0.244 e. The number of para-hydroxylation sites is 2. The first-order valence-corrected chi connectivity index (χ1v) is 9.13. The lowest BCUT2D eigenvalue weighted by molar-refractivity contribution is -0.125. The lowest BCUT2D eigenvalue weighted by Gasteiger charge is -2.36. The molecule has 6 nitrogen and oxygen atoms in total. The minimum absolute atomic E-state index is 0.0200. The summed E-state index contributed by atoms with van der Waals surface area (Å²) in [6, 6.07) is 11.6. The van der Waals surface area contributed by atoms with Crippen LogP contribution in [0.15, 0.2) is 42.6 Å². The molecule has 1 aromatic heterocycles. The van der Waals surface area contributed by atoms with Crippen molar-refractivity contribution in [3.63, 3.8) is 0 Å². The molecular weight excluding hydrogens is 328 g/mol. The molecule has 2 aliphatic rings. The molecule has 0 unspecified atom stereocenters. The topological polar surface area (TPSA) is 57.6 Å². The third kappa shape index (κ3) is 2.80. The third-order valence-corrected chi connectivity index (χ3v) is 5.51. The largest absolute Gasteiger partial charge is 0.353 e. The van der Waals surface area contributed by atoms with Crippen LogP contribution in [0, 0.1) is 0 Å². The van der Waals surface area contributed by atoms with Crippen LogP contribution >= 0.6 is 0 Å². The number of aromatic nitrogens is 1. The standard InChI is InChI=1S/C20H24N4O2/c1-14(23-12-6-10-18(23)17-9-5-11-22(17)2)20(26)24-13-19(25)21-15-7-3-4-8-16(15)24/h3-5,7-9,11,14,18H,6,10,12-13H2,1-2H3,(H,21,25)/t14-,18-/m1/s1. The van der Waals surface area contributed by atoms with Gasteiger partial charge < -0.3 is 9.88 Å². The summed E-state index contributed by atoms with van der Waals surface area (Å²) < 4.78 is 2.13. The average molecular weight is 352 g/mol. The van der Waals surface area contributed by atoms with Gasteiger partial charge in [0.15, 0.2) is 0 Å². The fourth-order valence-electron chi connectivity index (χ4n) is 4.19. The summed E-state index contributed by atoms with van der Waals surface area (Å²) in [5.74, 6) is -0.168. The Morgan fingerprint density at radius 2 is 2.04 bits per heavy atom. The second kappa shape index (κ2) is 6.61. The van der Waals surface area contributed by atoms with Gasteiger partial charge in [0.25, 0.3) is 0 Å². The number of carbonyl (C=O) groups excluding carboxylic acids is 2. The Kier molecular flexibility index (Phi) is 4.28. The number of rotatable bonds is 3. The molecule has 4 rings (SSSR count). The number of fused-ring (bicyclic) bond motifs is 1. The number of carbonyl (C=O) groups is 2. The van der Waals surface area contributed by atoms with Gasteiger partial charge in [-0.25, -0.2) is 0 Å². The van der Waals surface area contributed by atoms with E-state index in [0.29, 0.717) is 5.69 Å². The van der Waals surface area contributed by atoms with Crippen molar-refractivity contribution >= 4 is 23.2 Å². The Morgan fingerprint density at radius 1 is 1.23 bits per heavy atom. The molecule has 0 radical (unpaired) electrons. The van der Waals surface area contributed by atoms with Gasteiger partial charge in [0.1, 0.15) is 6.54 Å². The van der Waals surface area contributed by atoms with Gasteiger partial charge in [-0.05, 0) is 50.6 Å². The van der Waals surface area contributed by atoms with Crippen LogP contribution in [0.3, 0.4) is 0 Å². The lowest BCUT2D eigenvalue weighted by Crippen LogP contribution is -2.51. The number of amides is 2. The molecule has 1 saturated heterocycles. The SMILES string of the molecule is C[C@H](C(=O)N1CC(=O)Nc2ccccc21)N1CCC[C@@H]1c1cccn1C. The minimum Gasteiger partial charge on any atom is -0.353 e. The highest BCUT2D eigenvalue weighted by Crippen LogP contribution is 2.35. The van der Waals surface area contributed by atoms with E-state index in [2.05, 4.69) is 20.9 Å². The Hall–Kier alpha value is -2.60. The maximum absolute atomic E-state index is 13.3. The Labute approximate surface area is 153 Å². The van der Waals surface area contributed by atoms with Crippen LogP contribution in [0.5, 0.6) is 0 Å². The molecule has 0 spiro atoms. The van der Waals surface area contributed by atoms with Gasteiger partial charge >= 0.3 is 0 Å². The zero-order valence-electron chi connectivity index (χ0n) is 15.2. The molecule has 2 aromatic rings. The molecule has 1 N–H and O–H groups in total. The molecule has 3 heterocycles. The first-order valence-electron chi connectivity index (χ1n) is 9.13. The van der Waals surface area contributed by atoms with E-state index in [0.717, 1.165) is 25.1 Å². The third-order valence-electron chi connectivity index (χ3n) is 5.51. The summed E-state index contributed by atoms with van der Waals surface area (Å²) in [6.07, 6.45) is 4.17. The quantitative estimate of drug-likeness (QED) is 0.924. The highest BCUT2D eigenvalue weighted by molar-refractivity contribution is 6.11. The monoisotopic (exact) mass is 352 g/mol. The van der Waals surface area contributed by atoms with E-state index in [9.17, 15) is 9.59 Å². The predicted molar refractivity (Wildman–Crippen MR) is 101 cm³/mol. The van der Waals surface area contributed by atoms with Gasteiger partial charge in [-0.3, -0.25) is 19.4 Å². The normalized spacial score (nSPS) is 21.4. The molecule has 1 fully saturated rings. The number of likely N-dealkylation sites (tertiary alicyclic amines) is 1. The van der Waals surface area contributed by atoms with E-state index >= 15 is 0 Å². The Bertz CT molecular complexity index is 844. The molecule has 26 heavy (non-hydrogen) atoms. The van der Waals surface area contributed by atoms with Crippen LogP contribution in [0.4, 0.5) is 11.4 Å². The number of anilines is 2. The molecule has 2 aliphatic heterocycles. The van der Waals surface area contributed by atoms with Gasteiger partial charge in [0, 0.05) is 18.9 Å². The van der Waals surface area contributed by atoms with Crippen LogP contribution in [0.1, 0.15) is 31.5 Å². The summed E-state index contributed by atoms with van der Waals surface area (Å²) in [5.41, 5.74) is 2.71. The highest BCUT2D eigenvalue weighted by Gasteiger charge is 2.37. The molecule has 6 heteroatoms. The summed E-state index contributed by atoms with van der Waals surface area (Å²) in [7, 11) is 2.05. The predicted octanol–water partition coefficient (Wildman–Crippen LogP) is 2.54.